The third-order valence-electron chi connectivity index (χ3n) is 1.94. The number of benzene rings is 1. The van der Waals surface area contributed by atoms with Crippen molar-refractivity contribution >= 4 is 60.7 Å². The molecule has 8 heteroatoms. The van der Waals surface area contributed by atoms with Gasteiger partial charge in [0.1, 0.15) is 0 Å². The maximum atomic E-state index is 13.5. The summed E-state index contributed by atoms with van der Waals surface area (Å²) in [4.78, 5) is 0. The van der Waals surface area contributed by atoms with E-state index >= 15 is 0 Å². The van der Waals surface area contributed by atoms with Crippen LogP contribution in [-0.2, 0) is 0 Å². The molecule has 3 nitrogen and oxygen atoms in total. The Morgan fingerprint density at radius 1 is 1.24 bits per heavy atom. The first-order chi connectivity index (χ1) is 7.90. The predicted octanol–water partition coefficient (Wildman–Crippen LogP) is 3.42. The molecule has 1 aromatic rings. The number of hydrogen-bond donors (Lipinski definition) is 3. The van der Waals surface area contributed by atoms with Gasteiger partial charge in [0.05, 0.1) is 37.4 Å². The van der Waals surface area contributed by atoms with Crippen LogP contribution in [0.25, 0.3) is 0 Å². The highest BCUT2D eigenvalue weighted by Gasteiger charge is 2.19. The second-order valence-corrected chi connectivity index (χ2v) is 5.50. The highest BCUT2D eigenvalue weighted by atomic mass is 79.9. The third kappa shape index (κ3) is 3.45. The average Bonchev–Trinajstić information content (AvgIpc) is 2.33. The Morgan fingerprint density at radius 2 is 1.71 bits per heavy atom. The van der Waals surface area contributed by atoms with E-state index in [2.05, 4.69) is 37.2 Å². The van der Waals surface area contributed by atoms with E-state index in [1.807, 2.05) is 0 Å². The van der Waals surface area contributed by atoms with E-state index in [1.165, 1.54) is 0 Å². The van der Waals surface area contributed by atoms with E-state index in [9.17, 15) is 9.50 Å². The van der Waals surface area contributed by atoms with Crippen LogP contribution >= 0.6 is 55.1 Å². The summed E-state index contributed by atoms with van der Waals surface area (Å²) in [6.45, 7) is -0.309. The molecular weight excluding hydrogens is 404 g/mol. The molecule has 0 spiro atoms. The van der Waals surface area contributed by atoms with Gasteiger partial charge >= 0.3 is 0 Å². The molecule has 0 amide bonds. The van der Waals surface area contributed by atoms with Crippen LogP contribution in [0, 0.1) is 5.82 Å². The molecule has 0 aliphatic carbocycles. The molecule has 1 atom stereocenters. The smallest absolute Gasteiger partial charge is 0.162 e. The van der Waals surface area contributed by atoms with Crippen LogP contribution in [0.5, 0.6) is 0 Å². The molecule has 0 aromatic heterocycles. The summed E-state index contributed by atoms with van der Waals surface area (Å²) in [7, 11) is 0. The first-order valence-electron chi connectivity index (χ1n) is 4.44. The molecule has 0 fully saturated rings. The van der Waals surface area contributed by atoms with Gasteiger partial charge in [-0.05, 0) is 31.9 Å². The standard InChI is InChI=1S/C9H8Br2Cl2FNO2/c10-4-6(12)8(14)7(13)5(11)9(4)15-1-3(17)2-16/h3,15-17H,1-2H2. The van der Waals surface area contributed by atoms with Gasteiger partial charge in [-0.2, -0.15) is 0 Å². The summed E-state index contributed by atoms with van der Waals surface area (Å²) in [5.74, 6) is -0.736. The zero-order valence-electron chi connectivity index (χ0n) is 8.28. The Labute approximate surface area is 124 Å². The fraction of sp³-hybridized carbons (Fsp3) is 0.333. The lowest BCUT2D eigenvalue weighted by molar-refractivity contribution is 0.105. The van der Waals surface area contributed by atoms with Crippen LogP contribution in [-0.4, -0.2) is 29.5 Å². The summed E-state index contributed by atoms with van der Waals surface area (Å²) >= 11 is 17.7. The Balaban J connectivity index is 3.07. The van der Waals surface area contributed by atoms with Crippen molar-refractivity contribution < 1.29 is 14.6 Å². The van der Waals surface area contributed by atoms with E-state index in [4.69, 9.17) is 28.3 Å². The fourth-order valence-corrected chi connectivity index (χ4v) is 2.76. The van der Waals surface area contributed by atoms with E-state index in [1.54, 1.807) is 0 Å². The lowest BCUT2D eigenvalue weighted by Crippen LogP contribution is -2.23. The lowest BCUT2D eigenvalue weighted by Gasteiger charge is -2.15. The number of nitrogens with one attached hydrogen (secondary N) is 1. The normalized spacial score (nSPS) is 12.6. The van der Waals surface area contributed by atoms with Crippen molar-refractivity contribution in [3.8, 4) is 0 Å². The Bertz CT molecular complexity index is 405. The predicted molar refractivity (Wildman–Crippen MR) is 73.4 cm³/mol. The molecule has 3 N–H and O–H groups in total. The highest BCUT2D eigenvalue weighted by Crippen LogP contribution is 2.43. The van der Waals surface area contributed by atoms with E-state index in [0.717, 1.165) is 0 Å². The van der Waals surface area contributed by atoms with Crippen molar-refractivity contribution in [2.45, 2.75) is 6.10 Å². The lowest BCUT2D eigenvalue weighted by atomic mass is 10.3. The van der Waals surface area contributed by atoms with Crippen LogP contribution in [0.3, 0.4) is 0 Å². The van der Waals surface area contributed by atoms with Gasteiger partial charge in [-0.15, -0.1) is 0 Å². The second kappa shape index (κ2) is 6.54. The van der Waals surface area contributed by atoms with Gasteiger partial charge in [0.15, 0.2) is 5.82 Å². The molecule has 1 aromatic carbocycles. The van der Waals surface area contributed by atoms with E-state index in [0.29, 0.717) is 5.69 Å². The van der Waals surface area contributed by atoms with Crippen LogP contribution in [0.15, 0.2) is 8.95 Å². The Kier molecular flexibility index (Phi) is 5.95. The summed E-state index contributed by atoms with van der Waals surface area (Å²) in [5, 5.41) is 20.4. The number of halogens is 5. The first kappa shape index (κ1) is 15.5. The van der Waals surface area contributed by atoms with Gasteiger partial charge in [-0.3, -0.25) is 0 Å². The Hall–Kier alpha value is 0.410. The van der Waals surface area contributed by atoms with Crippen molar-refractivity contribution in [2.75, 3.05) is 18.5 Å². The number of aliphatic hydroxyl groups excluding tert-OH is 2. The molecule has 0 radical (unpaired) electrons. The molecule has 17 heavy (non-hydrogen) atoms. The van der Waals surface area contributed by atoms with Crippen molar-refractivity contribution in [1.82, 2.24) is 0 Å². The van der Waals surface area contributed by atoms with Crippen molar-refractivity contribution in [3.05, 3.63) is 24.8 Å². The maximum absolute atomic E-state index is 13.5. The molecule has 0 bridgehead atoms. The largest absolute Gasteiger partial charge is 0.394 e. The molecule has 1 unspecified atom stereocenters. The zero-order chi connectivity index (χ0) is 13.2. The zero-order valence-corrected chi connectivity index (χ0v) is 13.0. The van der Waals surface area contributed by atoms with Crippen molar-refractivity contribution in [2.24, 2.45) is 0 Å². The number of rotatable bonds is 4. The van der Waals surface area contributed by atoms with Gasteiger partial charge in [0.2, 0.25) is 0 Å². The molecule has 0 heterocycles. The third-order valence-corrected chi connectivity index (χ3v) is 4.69. The summed E-state index contributed by atoms with van der Waals surface area (Å²) < 4.78 is 14.0. The van der Waals surface area contributed by atoms with Crippen LogP contribution < -0.4 is 5.32 Å². The topological polar surface area (TPSA) is 52.5 Å². The van der Waals surface area contributed by atoms with Crippen molar-refractivity contribution in [1.29, 1.82) is 0 Å². The van der Waals surface area contributed by atoms with E-state index in [-0.39, 0.29) is 32.1 Å². The van der Waals surface area contributed by atoms with Crippen LogP contribution in [0.2, 0.25) is 10.0 Å². The molecule has 0 aliphatic heterocycles. The minimum Gasteiger partial charge on any atom is -0.394 e. The Morgan fingerprint density at radius 3 is 2.12 bits per heavy atom. The molecule has 1 rings (SSSR count). The monoisotopic (exact) mass is 409 g/mol. The van der Waals surface area contributed by atoms with Crippen LogP contribution in [0.1, 0.15) is 0 Å². The molecule has 0 saturated carbocycles. The fourth-order valence-electron chi connectivity index (χ4n) is 1.04. The molecule has 0 aliphatic rings. The number of aliphatic hydroxyl groups is 2. The minimum absolute atomic E-state index is 0.0754. The van der Waals surface area contributed by atoms with Gasteiger partial charge in [0, 0.05) is 6.54 Å². The average molecular weight is 412 g/mol. The first-order valence-corrected chi connectivity index (χ1v) is 6.78. The van der Waals surface area contributed by atoms with E-state index < -0.39 is 11.9 Å². The highest BCUT2D eigenvalue weighted by molar-refractivity contribution is 9.11. The van der Waals surface area contributed by atoms with Crippen molar-refractivity contribution in [3.63, 3.8) is 0 Å². The van der Waals surface area contributed by atoms with Crippen LogP contribution in [0.4, 0.5) is 10.1 Å². The molecular formula is C9H8Br2Cl2FNO2. The minimum atomic E-state index is -0.934. The quantitative estimate of drug-likeness (QED) is 0.525. The SMILES string of the molecule is OCC(O)CNc1c(Br)c(Cl)c(F)c(Cl)c1Br. The maximum Gasteiger partial charge on any atom is 0.162 e. The number of anilines is 1. The summed E-state index contributed by atoms with van der Waals surface area (Å²) in [6, 6.07) is 0. The van der Waals surface area contributed by atoms with Gasteiger partial charge in [-0.25, -0.2) is 4.39 Å². The van der Waals surface area contributed by atoms with Gasteiger partial charge in [0.25, 0.3) is 0 Å². The summed E-state index contributed by atoms with van der Waals surface area (Å²) in [6.07, 6.45) is -0.934. The van der Waals surface area contributed by atoms with Gasteiger partial charge < -0.3 is 15.5 Å². The van der Waals surface area contributed by atoms with Gasteiger partial charge in [-0.1, -0.05) is 23.2 Å². The summed E-state index contributed by atoms with van der Waals surface area (Å²) in [5.41, 5.74) is 0.411. The second-order valence-electron chi connectivity index (χ2n) is 3.16. The molecule has 0 saturated heterocycles. The molecule has 96 valence electrons. The number of hydrogen-bond acceptors (Lipinski definition) is 3.